The molecule has 0 spiro atoms. The minimum absolute atomic E-state index is 0.0585. The molecule has 0 saturated carbocycles. The average molecular weight is 328 g/mol. The van der Waals surface area contributed by atoms with E-state index in [-0.39, 0.29) is 5.75 Å². The number of phenolic OH excluding ortho intramolecular Hbond substituents is 1. The Morgan fingerprint density at radius 1 is 1.30 bits per heavy atom. The van der Waals surface area contributed by atoms with E-state index in [4.69, 9.17) is 4.74 Å². The van der Waals surface area contributed by atoms with Crippen molar-refractivity contribution in [3.05, 3.63) is 57.1 Å². The highest BCUT2D eigenvalue weighted by atomic mass is 32.1. The van der Waals surface area contributed by atoms with Gasteiger partial charge in [0.05, 0.1) is 22.2 Å². The van der Waals surface area contributed by atoms with Gasteiger partial charge in [-0.1, -0.05) is 18.2 Å². The predicted molar refractivity (Wildman–Crippen MR) is 89.9 cm³/mol. The number of methoxy groups -OCH3 is 1. The summed E-state index contributed by atoms with van der Waals surface area (Å²) < 4.78 is 6.05. The molecule has 1 N–H and O–H groups in total. The van der Waals surface area contributed by atoms with Gasteiger partial charge < -0.3 is 9.84 Å². The standard InChI is InChI=1S/C16H12N2O4S/c1-22-13-9-10(8-12(16(13)19)18(20)21)6-7-15-17-11-4-2-3-5-14(11)23-15/h2-9,19H,1H3. The van der Waals surface area contributed by atoms with E-state index in [1.807, 2.05) is 24.3 Å². The molecule has 0 atom stereocenters. The molecule has 1 heterocycles. The van der Waals surface area contributed by atoms with Crippen LogP contribution < -0.4 is 4.74 Å². The molecule has 7 heteroatoms. The minimum atomic E-state index is -0.646. The summed E-state index contributed by atoms with van der Waals surface area (Å²) in [6.45, 7) is 0. The lowest BCUT2D eigenvalue weighted by molar-refractivity contribution is -0.386. The molecule has 1 aromatic heterocycles. The first-order valence-corrected chi connectivity index (χ1v) is 7.49. The number of ether oxygens (including phenoxy) is 1. The molecule has 2 aromatic carbocycles. The van der Waals surface area contributed by atoms with Gasteiger partial charge in [0.2, 0.25) is 5.75 Å². The van der Waals surface area contributed by atoms with Crippen molar-refractivity contribution in [2.24, 2.45) is 0 Å². The maximum absolute atomic E-state index is 11.0. The van der Waals surface area contributed by atoms with Crippen LogP contribution in [0.1, 0.15) is 10.6 Å². The summed E-state index contributed by atoms with van der Waals surface area (Å²) in [5, 5.41) is 21.5. The summed E-state index contributed by atoms with van der Waals surface area (Å²) >= 11 is 1.53. The third-order valence-electron chi connectivity index (χ3n) is 3.22. The lowest BCUT2D eigenvalue weighted by Crippen LogP contribution is -1.93. The zero-order valence-corrected chi connectivity index (χ0v) is 12.9. The van der Waals surface area contributed by atoms with Crippen molar-refractivity contribution < 1.29 is 14.8 Å². The Morgan fingerprint density at radius 2 is 2.09 bits per heavy atom. The van der Waals surface area contributed by atoms with Crippen molar-refractivity contribution in [3.8, 4) is 11.5 Å². The Balaban J connectivity index is 1.98. The first-order valence-electron chi connectivity index (χ1n) is 6.67. The van der Waals surface area contributed by atoms with Gasteiger partial charge in [0.1, 0.15) is 5.01 Å². The van der Waals surface area contributed by atoms with E-state index in [1.165, 1.54) is 30.6 Å². The number of rotatable bonds is 4. The fourth-order valence-electron chi connectivity index (χ4n) is 2.13. The third kappa shape index (κ3) is 3.00. The Labute approximate surface area is 135 Å². The quantitative estimate of drug-likeness (QED) is 0.576. The molecule has 0 amide bonds. The van der Waals surface area contributed by atoms with Crippen molar-refractivity contribution >= 4 is 39.4 Å². The van der Waals surface area contributed by atoms with Crippen LogP contribution >= 0.6 is 11.3 Å². The maximum atomic E-state index is 11.0. The van der Waals surface area contributed by atoms with Crippen molar-refractivity contribution in [3.63, 3.8) is 0 Å². The van der Waals surface area contributed by atoms with E-state index < -0.39 is 16.4 Å². The highest BCUT2D eigenvalue weighted by Crippen LogP contribution is 2.37. The molecule has 0 bridgehead atoms. The highest BCUT2D eigenvalue weighted by molar-refractivity contribution is 7.19. The van der Waals surface area contributed by atoms with Crippen LogP contribution in [0, 0.1) is 10.1 Å². The number of nitro benzene ring substituents is 1. The van der Waals surface area contributed by atoms with Gasteiger partial charge in [0, 0.05) is 6.07 Å². The predicted octanol–water partition coefficient (Wildman–Crippen LogP) is 4.09. The van der Waals surface area contributed by atoms with E-state index >= 15 is 0 Å². The second-order valence-corrected chi connectivity index (χ2v) is 5.76. The van der Waals surface area contributed by atoms with Crippen molar-refractivity contribution in [2.75, 3.05) is 7.11 Å². The summed E-state index contributed by atoms with van der Waals surface area (Å²) in [6.07, 6.45) is 3.48. The van der Waals surface area contributed by atoms with E-state index in [0.717, 1.165) is 15.2 Å². The van der Waals surface area contributed by atoms with Crippen LogP contribution in [0.5, 0.6) is 11.5 Å². The fraction of sp³-hybridized carbons (Fsp3) is 0.0625. The molecule has 23 heavy (non-hydrogen) atoms. The van der Waals surface area contributed by atoms with Crippen LogP contribution in [0.4, 0.5) is 5.69 Å². The largest absolute Gasteiger partial charge is 0.500 e. The van der Waals surface area contributed by atoms with Crippen LogP contribution in [0.2, 0.25) is 0 Å². The molecule has 3 rings (SSSR count). The Bertz CT molecular complexity index is 885. The summed E-state index contributed by atoms with van der Waals surface area (Å²) in [6, 6.07) is 10.6. The zero-order valence-electron chi connectivity index (χ0n) is 12.1. The van der Waals surface area contributed by atoms with Gasteiger partial charge in [-0.25, -0.2) is 4.98 Å². The number of para-hydroxylation sites is 1. The molecule has 0 radical (unpaired) electrons. The third-order valence-corrected chi connectivity index (χ3v) is 4.22. The second kappa shape index (κ2) is 6.05. The summed E-state index contributed by atoms with van der Waals surface area (Å²) in [5.41, 5.74) is 1.06. The molecular weight excluding hydrogens is 316 g/mol. The van der Waals surface area contributed by atoms with Crippen LogP contribution in [0.15, 0.2) is 36.4 Å². The van der Waals surface area contributed by atoms with Crippen LogP contribution in [0.25, 0.3) is 22.4 Å². The van der Waals surface area contributed by atoms with Gasteiger partial charge in [-0.15, -0.1) is 11.3 Å². The fourth-order valence-corrected chi connectivity index (χ4v) is 3.00. The molecule has 0 fully saturated rings. The van der Waals surface area contributed by atoms with Gasteiger partial charge in [-0.3, -0.25) is 10.1 Å². The molecule has 3 aromatic rings. The Hall–Kier alpha value is -2.93. The molecule has 0 saturated heterocycles. The van der Waals surface area contributed by atoms with Crippen LogP contribution in [-0.4, -0.2) is 22.1 Å². The van der Waals surface area contributed by atoms with Gasteiger partial charge in [0.15, 0.2) is 5.75 Å². The molecule has 0 aliphatic heterocycles. The van der Waals surface area contributed by atoms with Crippen molar-refractivity contribution in [1.82, 2.24) is 4.98 Å². The Kier molecular flexibility index (Phi) is 3.94. The number of hydrogen-bond acceptors (Lipinski definition) is 6. The number of benzene rings is 2. The summed E-state index contributed by atoms with van der Waals surface area (Å²) in [4.78, 5) is 14.8. The molecule has 0 aliphatic carbocycles. The highest BCUT2D eigenvalue weighted by Gasteiger charge is 2.19. The second-order valence-electron chi connectivity index (χ2n) is 4.70. The van der Waals surface area contributed by atoms with E-state index in [2.05, 4.69) is 4.98 Å². The molecular formula is C16H12N2O4S. The number of nitrogens with zero attached hydrogens (tertiary/aromatic N) is 2. The summed E-state index contributed by atoms with van der Waals surface area (Å²) in [5.74, 6) is -0.419. The van der Waals surface area contributed by atoms with Crippen molar-refractivity contribution in [2.45, 2.75) is 0 Å². The number of hydrogen-bond donors (Lipinski definition) is 1. The molecule has 6 nitrogen and oxygen atoms in total. The minimum Gasteiger partial charge on any atom is -0.500 e. The van der Waals surface area contributed by atoms with Crippen LogP contribution in [-0.2, 0) is 0 Å². The van der Waals surface area contributed by atoms with Gasteiger partial charge in [-0.05, 0) is 29.8 Å². The van der Waals surface area contributed by atoms with E-state index in [0.29, 0.717) is 5.56 Å². The maximum Gasteiger partial charge on any atom is 0.315 e. The zero-order chi connectivity index (χ0) is 16.4. The van der Waals surface area contributed by atoms with Gasteiger partial charge in [-0.2, -0.15) is 0 Å². The first-order chi connectivity index (χ1) is 11.1. The number of fused-ring (bicyclic) bond motifs is 1. The number of phenols is 1. The number of nitro groups is 1. The van der Waals surface area contributed by atoms with E-state index in [1.54, 1.807) is 12.2 Å². The average Bonchev–Trinajstić information content (AvgIpc) is 2.96. The topological polar surface area (TPSA) is 85.5 Å². The molecule has 0 unspecified atom stereocenters. The number of aromatic hydroxyl groups is 1. The normalized spacial score (nSPS) is 11.2. The van der Waals surface area contributed by atoms with Gasteiger partial charge in [0.25, 0.3) is 0 Å². The lowest BCUT2D eigenvalue weighted by Gasteiger charge is -2.05. The number of thiazole rings is 1. The first kappa shape index (κ1) is 15.0. The summed E-state index contributed by atoms with van der Waals surface area (Å²) in [7, 11) is 1.35. The number of aromatic nitrogens is 1. The molecule has 116 valence electrons. The van der Waals surface area contributed by atoms with Gasteiger partial charge >= 0.3 is 5.69 Å². The monoisotopic (exact) mass is 328 g/mol. The molecule has 0 aliphatic rings. The smallest absolute Gasteiger partial charge is 0.315 e. The van der Waals surface area contributed by atoms with E-state index in [9.17, 15) is 15.2 Å². The Morgan fingerprint density at radius 3 is 2.78 bits per heavy atom. The SMILES string of the molecule is COc1cc(C=Cc2nc3ccccc3s2)cc([N+](=O)[O-])c1O. The van der Waals surface area contributed by atoms with Crippen LogP contribution in [0.3, 0.4) is 0 Å². The van der Waals surface area contributed by atoms with Crippen molar-refractivity contribution in [1.29, 1.82) is 0 Å². The lowest BCUT2D eigenvalue weighted by atomic mass is 10.1.